The van der Waals surface area contributed by atoms with Crippen LogP contribution in [0.1, 0.15) is 26.4 Å². The Bertz CT molecular complexity index is 1270. The van der Waals surface area contributed by atoms with Gasteiger partial charge in [-0.05, 0) is 46.7 Å². The summed E-state index contributed by atoms with van der Waals surface area (Å²) >= 11 is 0. The molecule has 4 rings (SSSR count). The second-order valence-corrected chi connectivity index (χ2v) is 6.84. The molecule has 0 saturated heterocycles. The Balaban J connectivity index is 1.54. The monoisotopic (exact) mass is 417 g/mol. The summed E-state index contributed by atoms with van der Waals surface area (Å²) in [4.78, 5) is 29.6. The number of amides is 2. The number of nitrogens with one attached hydrogen (secondary N) is 2. The van der Waals surface area contributed by atoms with Crippen LogP contribution in [0.25, 0.3) is 10.8 Å². The number of pyridine rings is 1. The van der Waals surface area contributed by atoms with E-state index in [-0.39, 0.29) is 29.4 Å². The minimum absolute atomic E-state index is 0.00652. The van der Waals surface area contributed by atoms with Gasteiger partial charge >= 0.3 is 0 Å². The quantitative estimate of drug-likeness (QED) is 0.495. The third kappa shape index (κ3) is 4.56. The van der Waals surface area contributed by atoms with Crippen molar-refractivity contribution in [3.63, 3.8) is 0 Å². The molecule has 0 unspecified atom stereocenters. The van der Waals surface area contributed by atoms with Gasteiger partial charge in [0.15, 0.2) is 5.69 Å². The van der Waals surface area contributed by atoms with Crippen molar-refractivity contribution in [1.82, 2.24) is 10.3 Å². The van der Waals surface area contributed by atoms with Crippen LogP contribution in [0.15, 0.2) is 79.0 Å². The number of halogens is 2. The van der Waals surface area contributed by atoms with Gasteiger partial charge in [0.05, 0.1) is 5.69 Å². The number of carbonyl (C=O) groups is 2. The van der Waals surface area contributed by atoms with E-state index in [0.29, 0.717) is 5.56 Å². The first-order valence-electron chi connectivity index (χ1n) is 9.48. The summed E-state index contributed by atoms with van der Waals surface area (Å²) < 4.78 is 26.7. The number of hydrogen-bond donors (Lipinski definition) is 2. The van der Waals surface area contributed by atoms with Gasteiger partial charge in [-0.3, -0.25) is 9.59 Å². The van der Waals surface area contributed by atoms with E-state index in [1.807, 2.05) is 30.3 Å². The smallest absolute Gasteiger partial charge is 0.272 e. The van der Waals surface area contributed by atoms with E-state index < -0.39 is 17.5 Å². The lowest BCUT2D eigenvalue weighted by atomic mass is 10.0. The predicted molar refractivity (Wildman–Crippen MR) is 114 cm³/mol. The number of nitrogens with zero attached hydrogens (tertiary/aromatic N) is 1. The Hall–Kier alpha value is -4.13. The molecule has 5 nitrogen and oxygen atoms in total. The molecule has 0 aliphatic rings. The fraction of sp³-hybridized carbons (Fsp3) is 0.0417. The molecule has 0 spiro atoms. The Kier molecular flexibility index (Phi) is 5.66. The van der Waals surface area contributed by atoms with E-state index in [9.17, 15) is 18.4 Å². The summed E-state index contributed by atoms with van der Waals surface area (Å²) in [5.41, 5.74) is 0.947. The minimum atomic E-state index is -0.731. The summed E-state index contributed by atoms with van der Waals surface area (Å²) in [6, 6.07) is 19.0. The van der Waals surface area contributed by atoms with E-state index >= 15 is 0 Å². The minimum Gasteiger partial charge on any atom is -0.347 e. The summed E-state index contributed by atoms with van der Waals surface area (Å²) in [6.07, 6.45) is 1.42. The molecule has 0 atom stereocenters. The fourth-order valence-corrected chi connectivity index (χ4v) is 3.28. The fourth-order valence-electron chi connectivity index (χ4n) is 3.28. The van der Waals surface area contributed by atoms with Gasteiger partial charge in [-0.15, -0.1) is 0 Å². The predicted octanol–water partition coefficient (Wildman–Crippen LogP) is 4.70. The first-order valence-corrected chi connectivity index (χ1v) is 9.48. The van der Waals surface area contributed by atoms with Gasteiger partial charge in [-0.25, -0.2) is 13.8 Å². The van der Waals surface area contributed by atoms with Crippen LogP contribution < -0.4 is 10.6 Å². The molecule has 0 saturated carbocycles. The van der Waals surface area contributed by atoms with Gasteiger partial charge in [-0.1, -0.05) is 36.4 Å². The molecular weight excluding hydrogens is 400 g/mol. The average molecular weight is 417 g/mol. The van der Waals surface area contributed by atoms with Gasteiger partial charge in [0.2, 0.25) is 0 Å². The lowest BCUT2D eigenvalue weighted by Crippen LogP contribution is -2.26. The maximum absolute atomic E-state index is 13.3. The Morgan fingerprint density at radius 3 is 2.39 bits per heavy atom. The standard InChI is InChI=1S/C24H17F2N3O2/c25-17-11-15(12-18(26)13-17)14-28-24(31)22-21(9-4-10-27-22)29-23(30)20-8-3-6-16-5-1-2-7-19(16)20/h1-13H,14H2,(H,28,31)(H,29,30). The van der Waals surface area contributed by atoms with Gasteiger partial charge < -0.3 is 10.6 Å². The van der Waals surface area contributed by atoms with Crippen molar-refractivity contribution >= 4 is 28.3 Å². The largest absolute Gasteiger partial charge is 0.347 e. The van der Waals surface area contributed by atoms with E-state index in [2.05, 4.69) is 15.6 Å². The molecule has 7 heteroatoms. The second-order valence-electron chi connectivity index (χ2n) is 6.84. The van der Waals surface area contributed by atoms with E-state index in [0.717, 1.165) is 29.0 Å². The lowest BCUT2D eigenvalue weighted by Gasteiger charge is -2.12. The van der Waals surface area contributed by atoms with Crippen LogP contribution in [-0.4, -0.2) is 16.8 Å². The number of benzene rings is 3. The molecule has 154 valence electrons. The first kappa shape index (κ1) is 20.2. The van der Waals surface area contributed by atoms with Gasteiger partial charge in [0.25, 0.3) is 11.8 Å². The normalized spacial score (nSPS) is 10.6. The SMILES string of the molecule is O=C(NCc1cc(F)cc(F)c1)c1ncccc1NC(=O)c1cccc2ccccc12. The number of anilines is 1. The Morgan fingerprint density at radius 1 is 0.839 bits per heavy atom. The molecule has 0 aliphatic heterocycles. The highest BCUT2D eigenvalue weighted by Crippen LogP contribution is 2.21. The number of fused-ring (bicyclic) bond motifs is 1. The Labute approximate surface area is 176 Å². The zero-order valence-corrected chi connectivity index (χ0v) is 16.2. The van der Waals surface area contributed by atoms with Crippen LogP contribution in [0.3, 0.4) is 0 Å². The Morgan fingerprint density at radius 2 is 1.58 bits per heavy atom. The van der Waals surface area contributed by atoms with Crippen LogP contribution in [-0.2, 0) is 6.54 Å². The van der Waals surface area contributed by atoms with E-state index in [1.54, 1.807) is 24.3 Å². The van der Waals surface area contributed by atoms with Crippen molar-refractivity contribution in [3.05, 3.63) is 107 Å². The van der Waals surface area contributed by atoms with E-state index in [4.69, 9.17) is 0 Å². The van der Waals surface area contributed by atoms with E-state index in [1.165, 1.54) is 6.20 Å². The van der Waals surface area contributed by atoms with Crippen molar-refractivity contribution in [1.29, 1.82) is 0 Å². The maximum Gasteiger partial charge on any atom is 0.272 e. The molecule has 0 radical (unpaired) electrons. The van der Waals surface area contributed by atoms with Crippen LogP contribution in [0.2, 0.25) is 0 Å². The first-order chi connectivity index (χ1) is 15.0. The molecule has 2 N–H and O–H groups in total. The molecule has 0 aliphatic carbocycles. The lowest BCUT2D eigenvalue weighted by molar-refractivity contribution is 0.0946. The zero-order valence-electron chi connectivity index (χ0n) is 16.2. The average Bonchev–Trinajstić information content (AvgIpc) is 2.77. The zero-order chi connectivity index (χ0) is 21.8. The van der Waals surface area contributed by atoms with Crippen molar-refractivity contribution < 1.29 is 18.4 Å². The van der Waals surface area contributed by atoms with Crippen LogP contribution in [0, 0.1) is 11.6 Å². The maximum atomic E-state index is 13.3. The summed E-state index contributed by atoms with van der Waals surface area (Å²) in [6.45, 7) is -0.0964. The highest BCUT2D eigenvalue weighted by atomic mass is 19.1. The van der Waals surface area contributed by atoms with Gasteiger partial charge in [0, 0.05) is 24.4 Å². The highest BCUT2D eigenvalue weighted by molar-refractivity contribution is 6.14. The third-order valence-corrected chi connectivity index (χ3v) is 4.68. The second kappa shape index (κ2) is 8.71. The van der Waals surface area contributed by atoms with Crippen molar-refractivity contribution in [2.45, 2.75) is 6.54 Å². The van der Waals surface area contributed by atoms with Gasteiger partial charge in [0.1, 0.15) is 11.6 Å². The summed E-state index contributed by atoms with van der Waals surface area (Å²) in [7, 11) is 0. The molecule has 1 aromatic heterocycles. The van der Waals surface area contributed by atoms with Crippen molar-refractivity contribution in [2.24, 2.45) is 0 Å². The number of rotatable bonds is 5. The molecule has 2 amide bonds. The van der Waals surface area contributed by atoms with Gasteiger partial charge in [-0.2, -0.15) is 0 Å². The summed E-state index contributed by atoms with van der Waals surface area (Å²) in [5, 5.41) is 7.00. The van der Waals surface area contributed by atoms with Crippen LogP contribution in [0.5, 0.6) is 0 Å². The molecule has 3 aromatic carbocycles. The van der Waals surface area contributed by atoms with Crippen molar-refractivity contribution in [2.75, 3.05) is 5.32 Å². The number of carbonyl (C=O) groups excluding carboxylic acids is 2. The highest BCUT2D eigenvalue weighted by Gasteiger charge is 2.17. The molecule has 0 bridgehead atoms. The molecular formula is C24H17F2N3O2. The topological polar surface area (TPSA) is 71.1 Å². The summed E-state index contributed by atoms with van der Waals surface area (Å²) in [5.74, 6) is -2.43. The molecule has 1 heterocycles. The molecule has 31 heavy (non-hydrogen) atoms. The molecule has 0 fully saturated rings. The molecule has 4 aromatic rings. The third-order valence-electron chi connectivity index (χ3n) is 4.68. The van der Waals surface area contributed by atoms with Crippen molar-refractivity contribution in [3.8, 4) is 0 Å². The number of aromatic nitrogens is 1. The van der Waals surface area contributed by atoms with Crippen LogP contribution >= 0.6 is 0 Å². The number of hydrogen-bond acceptors (Lipinski definition) is 3. The van der Waals surface area contributed by atoms with Crippen LogP contribution in [0.4, 0.5) is 14.5 Å².